The molecular weight excluding hydrogens is 809 g/mol. The summed E-state index contributed by atoms with van der Waals surface area (Å²) in [6.07, 6.45) is 19.1. The lowest BCUT2D eigenvalue weighted by Gasteiger charge is -2.31. The number of pyridine rings is 4. The summed E-state index contributed by atoms with van der Waals surface area (Å²) in [5.41, 5.74) is 5.28. The minimum absolute atomic E-state index is 0.00654. The van der Waals surface area contributed by atoms with E-state index < -0.39 is 12.1 Å². The smallest absolute Gasteiger partial charge is 0.258 e. The monoisotopic (exact) mass is 868 g/mol. The van der Waals surface area contributed by atoms with Crippen molar-refractivity contribution in [2.24, 2.45) is 35.5 Å². The maximum Gasteiger partial charge on any atom is 0.258 e. The molecule has 6 aliphatic rings. The van der Waals surface area contributed by atoms with Crippen LogP contribution in [0.25, 0.3) is 12.2 Å². The molecule has 0 unspecified atom stereocenters. The molecule has 14 nitrogen and oxygen atoms in total. The molecule has 10 rings (SSSR count). The lowest BCUT2D eigenvalue weighted by molar-refractivity contribution is -0.128. The number of nitrogens with one attached hydrogen (secondary N) is 2. The largest absolute Gasteiger partial charge is 0.396 e. The molecule has 0 spiro atoms. The van der Waals surface area contributed by atoms with Gasteiger partial charge in [-0.05, 0) is 111 Å². The molecule has 2 saturated heterocycles. The number of nitrogens with zero attached hydrogens (tertiary/aromatic N) is 6. The molecule has 8 heterocycles. The van der Waals surface area contributed by atoms with E-state index in [2.05, 4.69) is 30.4 Å². The van der Waals surface area contributed by atoms with Crippen molar-refractivity contribution < 1.29 is 19.8 Å². The number of rotatable bonds is 14. The molecule has 0 bridgehead atoms. The zero-order valence-electron chi connectivity index (χ0n) is 36.7. The van der Waals surface area contributed by atoms with Crippen molar-refractivity contribution in [1.82, 2.24) is 39.5 Å². The van der Waals surface area contributed by atoms with Crippen molar-refractivity contribution in [2.45, 2.75) is 89.9 Å². The molecule has 4 aromatic rings. The number of amides is 2. The van der Waals surface area contributed by atoms with E-state index in [0.29, 0.717) is 62.2 Å². The van der Waals surface area contributed by atoms with Crippen molar-refractivity contribution in [3.8, 4) is 0 Å². The molecule has 8 atom stereocenters. The minimum Gasteiger partial charge on any atom is -0.396 e. The van der Waals surface area contributed by atoms with E-state index in [1.807, 2.05) is 95.8 Å². The highest BCUT2D eigenvalue weighted by atomic mass is 16.3. The molecule has 14 heteroatoms. The maximum atomic E-state index is 13.3. The second-order valence-corrected chi connectivity index (χ2v) is 18.5. The van der Waals surface area contributed by atoms with E-state index >= 15 is 0 Å². The van der Waals surface area contributed by atoms with Crippen LogP contribution in [-0.4, -0.2) is 89.3 Å². The van der Waals surface area contributed by atoms with Gasteiger partial charge in [0, 0.05) is 123 Å². The molecule has 0 aromatic carbocycles. The third-order valence-corrected chi connectivity index (χ3v) is 14.4. The fraction of sp³-hybridized carbons (Fsp3) is 0.480. The van der Waals surface area contributed by atoms with Gasteiger partial charge in [-0.3, -0.25) is 38.9 Å². The number of aliphatic hydroxyl groups excluding tert-OH is 2. The van der Waals surface area contributed by atoms with Crippen molar-refractivity contribution in [1.29, 1.82) is 0 Å². The van der Waals surface area contributed by atoms with Gasteiger partial charge in [-0.25, -0.2) is 0 Å². The van der Waals surface area contributed by atoms with E-state index in [9.17, 15) is 29.4 Å². The Labute approximate surface area is 373 Å². The van der Waals surface area contributed by atoms with Gasteiger partial charge in [-0.15, -0.1) is 0 Å². The summed E-state index contributed by atoms with van der Waals surface area (Å²) in [5.74, 6) is 0.698. The Kier molecular flexibility index (Phi) is 12.9. The van der Waals surface area contributed by atoms with Crippen LogP contribution in [0.4, 0.5) is 0 Å². The molecule has 0 radical (unpaired) electrons. The summed E-state index contributed by atoms with van der Waals surface area (Å²) in [7, 11) is 0. The summed E-state index contributed by atoms with van der Waals surface area (Å²) in [4.78, 5) is 65.5. The minimum atomic E-state index is -0.430. The summed E-state index contributed by atoms with van der Waals surface area (Å²) in [5, 5.41) is 27.0. The van der Waals surface area contributed by atoms with Gasteiger partial charge >= 0.3 is 0 Å². The van der Waals surface area contributed by atoms with Crippen LogP contribution in [0.15, 0.2) is 95.1 Å². The van der Waals surface area contributed by atoms with E-state index in [1.165, 1.54) is 25.7 Å². The SMILES string of the molecule is C/C=C/c1ccc2n(c1=O)C[C@H]1[C@H](CO)[C@@H](C(=O)NCC3CC3)N(Cc3ccncc3)[C@@H]21.C/C=C\c1ccc2n(c1=O)C[C@H]1[C@H](CO)[C@@H](C(=O)NCC3CC3)N(Cc3ccncc3)[C@@H]21. The van der Waals surface area contributed by atoms with E-state index in [4.69, 9.17) is 0 Å². The van der Waals surface area contributed by atoms with E-state index in [-0.39, 0.29) is 71.9 Å². The first kappa shape index (κ1) is 43.7. The molecule has 2 saturated carbocycles. The molecule has 336 valence electrons. The van der Waals surface area contributed by atoms with Crippen LogP contribution in [0, 0.1) is 35.5 Å². The first-order valence-corrected chi connectivity index (χ1v) is 23.0. The number of aliphatic hydroxyl groups is 2. The zero-order valence-corrected chi connectivity index (χ0v) is 36.7. The molecule has 2 amide bonds. The first-order valence-electron chi connectivity index (χ1n) is 23.0. The lowest BCUT2D eigenvalue weighted by Crippen LogP contribution is -2.48. The number of carbonyl (C=O) groups excluding carboxylic acids is 2. The number of hydrogen-bond donors (Lipinski definition) is 4. The Morgan fingerprint density at radius 3 is 1.36 bits per heavy atom. The number of likely N-dealkylation sites (tertiary alicyclic amines) is 2. The van der Waals surface area contributed by atoms with Crippen LogP contribution in [-0.2, 0) is 35.8 Å². The highest BCUT2D eigenvalue weighted by molar-refractivity contribution is 5.83. The van der Waals surface area contributed by atoms with Gasteiger partial charge in [0.1, 0.15) is 0 Å². The number of carbonyl (C=O) groups is 2. The number of allylic oxidation sites excluding steroid dienone is 2. The number of hydrogen-bond acceptors (Lipinski definition) is 10. The normalized spacial score (nSPS) is 26.9. The molecule has 4 aromatic heterocycles. The van der Waals surface area contributed by atoms with Crippen molar-refractivity contribution in [3.05, 3.63) is 140 Å². The Balaban J connectivity index is 0.000000162. The molecule has 64 heavy (non-hydrogen) atoms. The molecule has 4 fully saturated rings. The summed E-state index contributed by atoms with van der Waals surface area (Å²) in [6.45, 7) is 7.20. The second kappa shape index (κ2) is 18.9. The fourth-order valence-corrected chi connectivity index (χ4v) is 11.0. The maximum absolute atomic E-state index is 13.3. The zero-order chi connectivity index (χ0) is 44.5. The van der Waals surface area contributed by atoms with Gasteiger partial charge in [0.05, 0.1) is 24.2 Å². The van der Waals surface area contributed by atoms with Crippen LogP contribution in [0.3, 0.4) is 0 Å². The van der Waals surface area contributed by atoms with Crippen LogP contribution in [0.1, 0.15) is 85.3 Å². The molecule has 4 N–H and O–H groups in total. The van der Waals surface area contributed by atoms with Gasteiger partial charge < -0.3 is 30.0 Å². The number of fused-ring (bicyclic) bond motifs is 6. The molecule has 2 aliphatic carbocycles. The second-order valence-electron chi connectivity index (χ2n) is 18.5. The fourth-order valence-electron chi connectivity index (χ4n) is 11.0. The quantitative estimate of drug-likeness (QED) is 0.146. The average molecular weight is 869 g/mol. The summed E-state index contributed by atoms with van der Waals surface area (Å²) in [6, 6.07) is 14.5. The van der Waals surface area contributed by atoms with Crippen LogP contribution in [0.5, 0.6) is 0 Å². The third kappa shape index (κ3) is 8.56. The Hall–Kier alpha value is -5.54. The Morgan fingerprint density at radius 1 is 0.625 bits per heavy atom. The predicted octanol–water partition coefficient (Wildman–Crippen LogP) is 3.93. The lowest BCUT2D eigenvalue weighted by atomic mass is 9.88. The Morgan fingerprint density at radius 2 is 1.02 bits per heavy atom. The van der Waals surface area contributed by atoms with Crippen LogP contribution < -0.4 is 21.8 Å². The van der Waals surface area contributed by atoms with Crippen molar-refractivity contribution in [3.63, 3.8) is 0 Å². The third-order valence-electron chi connectivity index (χ3n) is 14.4. The van der Waals surface area contributed by atoms with Gasteiger partial charge in [-0.1, -0.05) is 24.3 Å². The van der Waals surface area contributed by atoms with E-state index in [1.54, 1.807) is 24.8 Å². The van der Waals surface area contributed by atoms with Crippen molar-refractivity contribution >= 4 is 24.0 Å². The van der Waals surface area contributed by atoms with Gasteiger partial charge in [0.25, 0.3) is 11.1 Å². The predicted molar refractivity (Wildman–Crippen MR) is 243 cm³/mol. The number of aromatic nitrogens is 4. The van der Waals surface area contributed by atoms with E-state index in [0.717, 1.165) is 22.5 Å². The first-order chi connectivity index (χ1) is 31.2. The van der Waals surface area contributed by atoms with Gasteiger partial charge in [-0.2, -0.15) is 0 Å². The van der Waals surface area contributed by atoms with Gasteiger partial charge in [0.2, 0.25) is 11.8 Å². The molecule has 4 aliphatic heterocycles. The summed E-state index contributed by atoms with van der Waals surface area (Å²) >= 11 is 0. The van der Waals surface area contributed by atoms with Crippen LogP contribution in [0.2, 0.25) is 0 Å². The highest BCUT2D eigenvalue weighted by Crippen LogP contribution is 2.51. The van der Waals surface area contributed by atoms with Gasteiger partial charge in [0.15, 0.2) is 0 Å². The summed E-state index contributed by atoms with van der Waals surface area (Å²) < 4.78 is 3.68. The topological polar surface area (TPSA) is 175 Å². The average Bonchev–Trinajstić information content (AvgIpc) is 4.20. The molecular formula is C50H60N8O6. The standard InChI is InChI=1S/2C25H30N4O3/c2*1-2-3-18-6-7-21-22-19(14-28(21)25(18)32)20(15-30)23(24(31)27-12-16-4-5-16)29(22)13-17-8-10-26-11-9-17/h2*2-3,6-11,16,19-20,22-23,30H,4-5,12-15H2,1H3,(H,27,31)/b3-2+;3-2-/t2*19-,20-,22+,23-/m00/s1. The highest BCUT2D eigenvalue weighted by Gasteiger charge is 2.57. The Bertz CT molecular complexity index is 2330. The van der Waals surface area contributed by atoms with Crippen molar-refractivity contribution in [2.75, 3.05) is 26.3 Å². The van der Waals surface area contributed by atoms with Crippen LogP contribution >= 0.6 is 0 Å².